The number of carbonyl (C=O) groups is 2. The molecule has 1 saturated heterocycles. The van der Waals surface area contributed by atoms with Gasteiger partial charge in [-0.15, -0.1) is 0 Å². The molecule has 2 amide bonds. The number of piperidine rings is 1. The Hall–Kier alpha value is -2.37. The molecule has 6 heteroatoms. The molecular weight excluding hydrogens is 268 g/mol. The monoisotopic (exact) mass is 286 g/mol. The van der Waals surface area contributed by atoms with Gasteiger partial charge in [-0.3, -0.25) is 9.59 Å². The molecule has 21 heavy (non-hydrogen) atoms. The summed E-state index contributed by atoms with van der Waals surface area (Å²) in [6, 6.07) is 5.32. The van der Waals surface area contributed by atoms with Crippen LogP contribution in [0.15, 0.2) is 24.4 Å². The van der Waals surface area contributed by atoms with Gasteiger partial charge in [0.05, 0.1) is 17.8 Å². The zero-order chi connectivity index (χ0) is 14.8. The van der Waals surface area contributed by atoms with Crippen molar-refractivity contribution in [1.82, 2.24) is 20.0 Å². The normalized spacial score (nSPS) is 18.5. The Balaban J connectivity index is 1.74. The van der Waals surface area contributed by atoms with Crippen LogP contribution in [-0.4, -0.2) is 33.8 Å². The molecule has 1 atom stereocenters. The van der Waals surface area contributed by atoms with Crippen LogP contribution in [0.5, 0.6) is 0 Å². The van der Waals surface area contributed by atoms with Crippen molar-refractivity contribution in [3.63, 3.8) is 0 Å². The summed E-state index contributed by atoms with van der Waals surface area (Å²) < 4.78 is 1.91. The molecule has 0 aromatic carbocycles. The molecule has 3 rings (SSSR count). The smallest absolute Gasteiger partial charge is 0.242 e. The molecule has 0 unspecified atom stereocenters. The second-order valence-electron chi connectivity index (χ2n) is 5.30. The highest BCUT2D eigenvalue weighted by atomic mass is 16.2. The van der Waals surface area contributed by atoms with E-state index in [9.17, 15) is 9.59 Å². The van der Waals surface area contributed by atoms with Gasteiger partial charge in [-0.05, 0) is 31.9 Å². The minimum Gasteiger partial charge on any atom is -0.354 e. The van der Waals surface area contributed by atoms with Crippen molar-refractivity contribution in [1.29, 1.82) is 0 Å². The standard InChI is InChI=1S/C15H18N4O2/c1-10-12(19-8-3-2-6-13(19)17-10)9-14(20)18-11-5-4-7-16-15(11)21/h2-3,6,8,11H,4-5,7,9H2,1H3,(H,16,21)(H,18,20)/t11-/m0/s1. The van der Waals surface area contributed by atoms with Gasteiger partial charge < -0.3 is 15.0 Å². The Morgan fingerprint density at radius 2 is 2.38 bits per heavy atom. The number of hydrogen-bond donors (Lipinski definition) is 2. The molecule has 0 aliphatic carbocycles. The third-order valence-corrected chi connectivity index (χ3v) is 3.78. The number of nitrogens with one attached hydrogen (secondary N) is 2. The number of amides is 2. The van der Waals surface area contributed by atoms with Crippen LogP contribution in [0.3, 0.4) is 0 Å². The largest absolute Gasteiger partial charge is 0.354 e. The molecule has 6 nitrogen and oxygen atoms in total. The molecular formula is C15H18N4O2. The summed E-state index contributed by atoms with van der Waals surface area (Å²) in [6.45, 7) is 2.58. The highest BCUT2D eigenvalue weighted by Gasteiger charge is 2.24. The van der Waals surface area contributed by atoms with Gasteiger partial charge >= 0.3 is 0 Å². The summed E-state index contributed by atoms with van der Waals surface area (Å²) in [5.41, 5.74) is 2.52. The fourth-order valence-corrected chi connectivity index (χ4v) is 2.68. The van der Waals surface area contributed by atoms with Crippen molar-refractivity contribution in [2.75, 3.05) is 6.54 Å². The van der Waals surface area contributed by atoms with Crippen molar-refractivity contribution in [3.05, 3.63) is 35.8 Å². The zero-order valence-electron chi connectivity index (χ0n) is 11.9. The Labute approximate surface area is 122 Å². The molecule has 2 N–H and O–H groups in total. The van der Waals surface area contributed by atoms with E-state index in [2.05, 4.69) is 15.6 Å². The lowest BCUT2D eigenvalue weighted by Gasteiger charge is -2.22. The van der Waals surface area contributed by atoms with Crippen molar-refractivity contribution in [2.45, 2.75) is 32.2 Å². The first-order valence-electron chi connectivity index (χ1n) is 7.15. The number of imidazole rings is 1. The Bertz CT molecular complexity index is 692. The second-order valence-corrected chi connectivity index (χ2v) is 5.30. The first-order valence-corrected chi connectivity index (χ1v) is 7.15. The third-order valence-electron chi connectivity index (χ3n) is 3.78. The van der Waals surface area contributed by atoms with Gasteiger partial charge in [0, 0.05) is 12.7 Å². The summed E-state index contributed by atoms with van der Waals surface area (Å²) >= 11 is 0. The van der Waals surface area contributed by atoms with Crippen LogP contribution in [0.4, 0.5) is 0 Å². The SMILES string of the molecule is Cc1nc2ccccn2c1CC(=O)N[C@H]1CCCNC1=O. The molecule has 1 aliphatic rings. The summed E-state index contributed by atoms with van der Waals surface area (Å²) in [5, 5.41) is 5.57. The van der Waals surface area contributed by atoms with Gasteiger partial charge in [0.25, 0.3) is 0 Å². The zero-order valence-corrected chi connectivity index (χ0v) is 11.9. The number of rotatable bonds is 3. The van der Waals surface area contributed by atoms with Gasteiger partial charge in [-0.25, -0.2) is 4.98 Å². The highest BCUT2D eigenvalue weighted by molar-refractivity contribution is 5.88. The molecule has 3 heterocycles. The van der Waals surface area contributed by atoms with E-state index in [0.717, 1.165) is 23.5 Å². The number of aromatic nitrogens is 2. The number of carbonyl (C=O) groups excluding carboxylic acids is 2. The Morgan fingerprint density at radius 3 is 3.19 bits per heavy atom. The summed E-state index contributed by atoms with van der Waals surface area (Å²) in [6.07, 6.45) is 3.71. The predicted octanol–water partition coefficient (Wildman–Crippen LogP) is 0.580. The number of nitrogens with zero attached hydrogens (tertiary/aromatic N) is 2. The predicted molar refractivity (Wildman–Crippen MR) is 77.8 cm³/mol. The molecule has 0 bridgehead atoms. The van der Waals surface area contributed by atoms with Gasteiger partial charge in [0.15, 0.2) is 0 Å². The van der Waals surface area contributed by atoms with E-state index >= 15 is 0 Å². The maximum Gasteiger partial charge on any atom is 0.242 e. The first kappa shape index (κ1) is 13.6. The number of pyridine rings is 1. The van der Waals surface area contributed by atoms with Crippen LogP contribution in [0.25, 0.3) is 5.65 Å². The van der Waals surface area contributed by atoms with E-state index in [1.807, 2.05) is 35.7 Å². The minimum atomic E-state index is -0.411. The van der Waals surface area contributed by atoms with Crippen LogP contribution >= 0.6 is 0 Å². The average molecular weight is 286 g/mol. The maximum absolute atomic E-state index is 12.2. The molecule has 0 spiro atoms. The lowest BCUT2D eigenvalue weighted by molar-refractivity contribution is -0.129. The summed E-state index contributed by atoms with van der Waals surface area (Å²) in [4.78, 5) is 28.3. The van der Waals surface area contributed by atoms with Crippen molar-refractivity contribution in [2.24, 2.45) is 0 Å². The van der Waals surface area contributed by atoms with Gasteiger partial charge in [0.2, 0.25) is 11.8 Å². The van der Waals surface area contributed by atoms with E-state index in [4.69, 9.17) is 0 Å². The Morgan fingerprint density at radius 1 is 1.52 bits per heavy atom. The van der Waals surface area contributed by atoms with Crippen LogP contribution in [0.1, 0.15) is 24.2 Å². The first-order chi connectivity index (χ1) is 10.1. The molecule has 2 aromatic heterocycles. The van der Waals surface area contributed by atoms with Crippen LogP contribution < -0.4 is 10.6 Å². The fraction of sp³-hybridized carbons (Fsp3) is 0.400. The molecule has 0 saturated carbocycles. The molecule has 1 aliphatic heterocycles. The van der Waals surface area contributed by atoms with E-state index in [1.54, 1.807) is 0 Å². The summed E-state index contributed by atoms with van der Waals surface area (Å²) in [5.74, 6) is -0.240. The van der Waals surface area contributed by atoms with Crippen molar-refractivity contribution < 1.29 is 9.59 Å². The quantitative estimate of drug-likeness (QED) is 0.866. The lowest BCUT2D eigenvalue weighted by atomic mass is 10.1. The topological polar surface area (TPSA) is 75.5 Å². The van der Waals surface area contributed by atoms with E-state index in [0.29, 0.717) is 13.0 Å². The van der Waals surface area contributed by atoms with E-state index in [-0.39, 0.29) is 18.2 Å². The average Bonchev–Trinajstić information content (AvgIpc) is 2.78. The minimum absolute atomic E-state index is 0.0931. The second kappa shape index (κ2) is 5.55. The number of fused-ring (bicyclic) bond motifs is 1. The molecule has 0 radical (unpaired) electrons. The van der Waals surface area contributed by atoms with Crippen molar-refractivity contribution in [3.8, 4) is 0 Å². The van der Waals surface area contributed by atoms with Gasteiger partial charge in [0.1, 0.15) is 11.7 Å². The van der Waals surface area contributed by atoms with Gasteiger partial charge in [-0.1, -0.05) is 6.07 Å². The molecule has 110 valence electrons. The van der Waals surface area contributed by atoms with E-state index < -0.39 is 6.04 Å². The Kier molecular flexibility index (Phi) is 3.60. The van der Waals surface area contributed by atoms with E-state index in [1.165, 1.54) is 0 Å². The lowest BCUT2D eigenvalue weighted by Crippen LogP contribution is -2.50. The van der Waals surface area contributed by atoms with Crippen LogP contribution in [0, 0.1) is 6.92 Å². The number of aryl methyl sites for hydroxylation is 1. The number of hydrogen-bond acceptors (Lipinski definition) is 3. The fourth-order valence-electron chi connectivity index (χ4n) is 2.68. The third kappa shape index (κ3) is 2.74. The molecule has 1 fully saturated rings. The van der Waals surface area contributed by atoms with Crippen LogP contribution in [0.2, 0.25) is 0 Å². The highest BCUT2D eigenvalue weighted by Crippen LogP contribution is 2.12. The van der Waals surface area contributed by atoms with Gasteiger partial charge in [-0.2, -0.15) is 0 Å². The molecule has 2 aromatic rings. The van der Waals surface area contributed by atoms with Crippen molar-refractivity contribution >= 4 is 17.5 Å². The van der Waals surface area contributed by atoms with Crippen LogP contribution in [-0.2, 0) is 16.0 Å². The maximum atomic E-state index is 12.2. The summed E-state index contributed by atoms with van der Waals surface area (Å²) in [7, 11) is 0.